The molecule has 1 aliphatic rings. The van der Waals surface area contributed by atoms with Crippen LogP contribution in [0.25, 0.3) is 10.2 Å². The molecule has 0 radical (unpaired) electrons. The molecule has 6 nitrogen and oxygen atoms in total. The molecule has 2 N–H and O–H groups in total. The maximum Gasteiger partial charge on any atom is 0.242 e. The molecule has 1 amide bonds. The van der Waals surface area contributed by atoms with Gasteiger partial charge in [0.05, 0.1) is 18.6 Å². The lowest BCUT2D eigenvalue weighted by Crippen LogP contribution is -2.53. The third-order valence-electron chi connectivity index (χ3n) is 3.47. The van der Waals surface area contributed by atoms with Crippen LogP contribution in [0.3, 0.4) is 0 Å². The average molecular weight is 327 g/mol. The molecule has 3 heterocycles. The first-order valence-corrected chi connectivity index (χ1v) is 7.89. The number of anilines is 1. The Kier molecular flexibility index (Phi) is 3.97. The number of amides is 1. The molecule has 1 aliphatic heterocycles. The number of hydrogen-bond acceptors (Lipinski definition) is 6. The lowest BCUT2D eigenvalue weighted by Gasteiger charge is -2.34. The number of nitrogens with two attached hydrogens (primary N) is 1. The van der Waals surface area contributed by atoms with Gasteiger partial charge in [0.25, 0.3) is 0 Å². The van der Waals surface area contributed by atoms with Crippen molar-refractivity contribution < 1.29 is 9.53 Å². The van der Waals surface area contributed by atoms with Gasteiger partial charge in [0.2, 0.25) is 11.2 Å². The molecule has 0 aliphatic carbocycles. The van der Waals surface area contributed by atoms with Crippen molar-refractivity contribution in [2.24, 2.45) is 5.73 Å². The molecule has 3 rings (SSSR count). The molecule has 1 fully saturated rings. The van der Waals surface area contributed by atoms with Crippen molar-refractivity contribution in [3.63, 3.8) is 0 Å². The third kappa shape index (κ3) is 2.68. The standard InChI is InChI=1S/C13H15ClN4O2S/c1-2-7-5-8-11(16-13(14)17-12(8)21-7)18-3-4-20-6-9(18)10(15)19/h5,9H,2-4,6H2,1H3,(H2,15,19). The van der Waals surface area contributed by atoms with Crippen molar-refractivity contribution in [1.82, 2.24) is 9.97 Å². The predicted octanol–water partition coefficient (Wildman–Crippen LogP) is 1.60. The average Bonchev–Trinajstić information content (AvgIpc) is 2.89. The van der Waals surface area contributed by atoms with E-state index in [0.29, 0.717) is 19.0 Å². The van der Waals surface area contributed by atoms with E-state index in [4.69, 9.17) is 22.1 Å². The number of aromatic nitrogens is 2. The molecule has 2 aromatic rings. The second-order valence-electron chi connectivity index (χ2n) is 4.79. The fourth-order valence-electron chi connectivity index (χ4n) is 2.42. The van der Waals surface area contributed by atoms with Gasteiger partial charge in [-0.3, -0.25) is 4.79 Å². The molecule has 0 bridgehead atoms. The van der Waals surface area contributed by atoms with E-state index in [9.17, 15) is 4.79 Å². The third-order valence-corrected chi connectivity index (χ3v) is 4.82. The molecule has 1 atom stereocenters. The normalized spacial score (nSPS) is 19.1. The number of carbonyl (C=O) groups excluding carboxylic acids is 1. The molecule has 0 spiro atoms. The smallest absolute Gasteiger partial charge is 0.242 e. The van der Waals surface area contributed by atoms with E-state index in [0.717, 1.165) is 16.6 Å². The zero-order valence-corrected chi connectivity index (χ0v) is 13.1. The van der Waals surface area contributed by atoms with Gasteiger partial charge in [0.1, 0.15) is 16.7 Å². The highest BCUT2D eigenvalue weighted by molar-refractivity contribution is 7.18. The summed E-state index contributed by atoms with van der Waals surface area (Å²) in [7, 11) is 0. The quantitative estimate of drug-likeness (QED) is 0.866. The fourth-order valence-corrected chi connectivity index (χ4v) is 3.59. The number of ether oxygens (including phenoxy) is 1. The van der Waals surface area contributed by atoms with E-state index in [1.54, 1.807) is 11.3 Å². The van der Waals surface area contributed by atoms with Crippen LogP contribution >= 0.6 is 22.9 Å². The molecule has 2 aromatic heterocycles. The van der Waals surface area contributed by atoms with E-state index in [2.05, 4.69) is 23.0 Å². The number of carbonyl (C=O) groups is 1. The summed E-state index contributed by atoms with van der Waals surface area (Å²) < 4.78 is 5.35. The number of nitrogens with zero attached hydrogens (tertiary/aromatic N) is 3. The van der Waals surface area contributed by atoms with Gasteiger partial charge in [-0.15, -0.1) is 11.3 Å². The maximum absolute atomic E-state index is 11.6. The van der Waals surface area contributed by atoms with Crippen LogP contribution in [0.15, 0.2) is 6.07 Å². The Labute approximate surface area is 130 Å². The molecule has 112 valence electrons. The van der Waals surface area contributed by atoms with Crippen molar-refractivity contribution in [1.29, 1.82) is 0 Å². The number of primary amides is 1. The zero-order valence-electron chi connectivity index (χ0n) is 11.5. The summed E-state index contributed by atoms with van der Waals surface area (Å²) in [6.45, 7) is 3.43. The van der Waals surface area contributed by atoms with Gasteiger partial charge in [-0.1, -0.05) is 6.92 Å². The summed E-state index contributed by atoms with van der Waals surface area (Å²) in [5.41, 5.74) is 5.47. The van der Waals surface area contributed by atoms with Gasteiger partial charge in [-0.25, -0.2) is 4.98 Å². The van der Waals surface area contributed by atoms with Crippen molar-refractivity contribution in [3.05, 3.63) is 16.2 Å². The zero-order chi connectivity index (χ0) is 15.0. The summed E-state index contributed by atoms with van der Waals surface area (Å²) in [6, 6.07) is 1.53. The molecule has 21 heavy (non-hydrogen) atoms. The van der Waals surface area contributed by atoms with E-state index < -0.39 is 11.9 Å². The fraction of sp³-hybridized carbons (Fsp3) is 0.462. The lowest BCUT2D eigenvalue weighted by atomic mass is 10.2. The van der Waals surface area contributed by atoms with Crippen molar-refractivity contribution in [3.8, 4) is 0 Å². The number of aryl methyl sites for hydroxylation is 1. The number of thiophene rings is 1. The molecule has 8 heteroatoms. The van der Waals surface area contributed by atoms with Gasteiger partial charge in [0.15, 0.2) is 0 Å². The summed E-state index contributed by atoms with van der Waals surface area (Å²) in [5.74, 6) is 0.233. The summed E-state index contributed by atoms with van der Waals surface area (Å²) >= 11 is 7.62. The van der Waals surface area contributed by atoms with Gasteiger partial charge in [-0.2, -0.15) is 4.98 Å². The van der Waals surface area contributed by atoms with Gasteiger partial charge in [-0.05, 0) is 24.1 Å². The first-order chi connectivity index (χ1) is 10.1. The van der Waals surface area contributed by atoms with Crippen molar-refractivity contribution in [2.45, 2.75) is 19.4 Å². The van der Waals surface area contributed by atoms with Gasteiger partial charge >= 0.3 is 0 Å². The monoisotopic (exact) mass is 326 g/mol. The summed E-state index contributed by atoms with van der Waals surface area (Å²) in [6.07, 6.45) is 0.917. The highest BCUT2D eigenvalue weighted by Gasteiger charge is 2.30. The minimum atomic E-state index is -0.530. The van der Waals surface area contributed by atoms with Crippen LogP contribution in [0.4, 0.5) is 5.82 Å². The van der Waals surface area contributed by atoms with Crippen LogP contribution in [0.2, 0.25) is 5.28 Å². The van der Waals surface area contributed by atoms with Crippen LogP contribution < -0.4 is 10.6 Å². The molecular formula is C13H15ClN4O2S. The molecule has 0 saturated carbocycles. The summed E-state index contributed by atoms with van der Waals surface area (Å²) in [5, 5.41) is 1.09. The van der Waals surface area contributed by atoms with Gasteiger partial charge in [0, 0.05) is 11.4 Å². The largest absolute Gasteiger partial charge is 0.377 e. The number of rotatable bonds is 3. The Bertz CT molecular complexity index is 690. The molecule has 1 unspecified atom stereocenters. The van der Waals surface area contributed by atoms with Crippen LogP contribution in [0.1, 0.15) is 11.8 Å². The Balaban J connectivity index is 2.13. The number of halogens is 1. The van der Waals surface area contributed by atoms with E-state index in [-0.39, 0.29) is 11.9 Å². The van der Waals surface area contributed by atoms with Crippen molar-refractivity contribution in [2.75, 3.05) is 24.7 Å². The minimum absolute atomic E-state index is 0.178. The Morgan fingerprint density at radius 2 is 2.43 bits per heavy atom. The van der Waals surface area contributed by atoms with E-state index >= 15 is 0 Å². The van der Waals surface area contributed by atoms with Crippen LogP contribution in [0.5, 0.6) is 0 Å². The SMILES string of the molecule is CCc1cc2c(N3CCOCC3C(N)=O)nc(Cl)nc2s1. The highest BCUT2D eigenvalue weighted by Crippen LogP contribution is 2.33. The maximum atomic E-state index is 11.6. The molecular weight excluding hydrogens is 312 g/mol. The van der Waals surface area contributed by atoms with E-state index in [1.807, 2.05) is 4.90 Å². The van der Waals surface area contributed by atoms with Crippen LogP contribution in [0, 0.1) is 0 Å². The van der Waals surface area contributed by atoms with Crippen molar-refractivity contribution >= 4 is 44.9 Å². The Morgan fingerprint density at radius 1 is 1.62 bits per heavy atom. The van der Waals surface area contributed by atoms with E-state index in [1.165, 1.54) is 4.88 Å². The first kappa shape index (κ1) is 14.5. The lowest BCUT2D eigenvalue weighted by molar-refractivity contribution is -0.121. The first-order valence-electron chi connectivity index (χ1n) is 6.69. The number of morpholine rings is 1. The number of hydrogen-bond donors (Lipinski definition) is 1. The van der Waals surface area contributed by atoms with Crippen LogP contribution in [-0.4, -0.2) is 41.7 Å². The topological polar surface area (TPSA) is 81.3 Å². The second-order valence-corrected chi connectivity index (χ2v) is 6.24. The second kappa shape index (κ2) is 5.75. The Morgan fingerprint density at radius 3 is 3.14 bits per heavy atom. The summed E-state index contributed by atoms with van der Waals surface area (Å²) in [4.78, 5) is 24.1. The number of fused-ring (bicyclic) bond motifs is 1. The predicted molar refractivity (Wildman–Crippen MR) is 83.0 cm³/mol. The van der Waals surface area contributed by atoms with Crippen LogP contribution in [-0.2, 0) is 16.0 Å². The molecule has 0 aromatic carbocycles. The highest BCUT2D eigenvalue weighted by atomic mass is 35.5. The minimum Gasteiger partial charge on any atom is -0.377 e. The van der Waals surface area contributed by atoms with Gasteiger partial charge < -0.3 is 15.4 Å². The Hall–Kier alpha value is -1.44. The molecule has 1 saturated heterocycles.